The molecule has 0 radical (unpaired) electrons. The normalized spacial score (nSPS) is 13.2. The van der Waals surface area contributed by atoms with E-state index in [9.17, 15) is 4.79 Å². The molecule has 0 aromatic heterocycles. The highest BCUT2D eigenvalue weighted by molar-refractivity contribution is 9.10. The van der Waals surface area contributed by atoms with Crippen molar-refractivity contribution in [2.75, 3.05) is 20.8 Å². The van der Waals surface area contributed by atoms with Gasteiger partial charge >= 0.3 is 0 Å². The van der Waals surface area contributed by atoms with E-state index in [1.165, 1.54) is 0 Å². The van der Waals surface area contributed by atoms with Crippen LogP contribution in [0.15, 0.2) is 48.5 Å². The highest BCUT2D eigenvalue weighted by Gasteiger charge is 2.28. The van der Waals surface area contributed by atoms with Gasteiger partial charge in [0.2, 0.25) is 0 Å². The van der Waals surface area contributed by atoms with Gasteiger partial charge in [-0.05, 0) is 48.9 Å². The van der Waals surface area contributed by atoms with Gasteiger partial charge in [-0.3, -0.25) is 4.79 Å². The second-order valence-corrected chi connectivity index (χ2v) is 6.13. The van der Waals surface area contributed by atoms with Gasteiger partial charge in [0, 0.05) is 12.2 Å². The molecule has 2 rings (SSSR count). The number of hydrogen-bond acceptors (Lipinski definition) is 4. The van der Waals surface area contributed by atoms with Crippen molar-refractivity contribution in [2.24, 2.45) is 0 Å². The molecule has 0 fully saturated rings. The molecule has 2 atom stereocenters. The Bertz CT molecular complexity index is 652. The van der Waals surface area contributed by atoms with Crippen LogP contribution in [0.3, 0.4) is 0 Å². The molecule has 128 valence electrons. The van der Waals surface area contributed by atoms with Crippen LogP contribution in [0.2, 0.25) is 0 Å². The second kappa shape index (κ2) is 8.85. The fraction of sp³-hybridized carbons (Fsp3) is 0.316. The Hall–Kier alpha value is -1.85. The molecule has 2 aromatic carbocycles. The van der Waals surface area contributed by atoms with E-state index in [0.29, 0.717) is 17.9 Å². The zero-order chi connectivity index (χ0) is 17.5. The first kappa shape index (κ1) is 18.5. The maximum Gasteiger partial charge on any atom is 0.179 e. The molecule has 0 N–H and O–H groups in total. The van der Waals surface area contributed by atoms with Crippen molar-refractivity contribution in [3.8, 4) is 11.5 Å². The van der Waals surface area contributed by atoms with Crippen molar-refractivity contribution in [1.29, 1.82) is 0 Å². The Morgan fingerprint density at radius 1 is 0.958 bits per heavy atom. The number of hydrogen-bond donors (Lipinski definition) is 0. The minimum Gasteiger partial charge on any atom is -0.497 e. The molecule has 0 saturated heterocycles. The lowest BCUT2D eigenvalue weighted by atomic mass is 9.99. The molecule has 4 nitrogen and oxygen atoms in total. The van der Waals surface area contributed by atoms with Crippen LogP contribution < -0.4 is 9.47 Å². The van der Waals surface area contributed by atoms with Crippen LogP contribution in [0.25, 0.3) is 0 Å². The number of rotatable bonds is 8. The standard InChI is InChI=1S/C19H21BrO4/c1-4-24-19(14-7-11-16(23-3)12-8-14)17(20)18(21)13-5-9-15(22-2)10-6-13/h5-12,17,19H,4H2,1-3H3. The highest BCUT2D eigenvalue weighted by Crippen LogP contribution is 2.30. The van der Waals surface area contributed by atoms with Gasteiger partial charge in [0.05, 0.1) is 14.2 Å². The number of carbonyl (C=O) groups excluding carboxylic acids is 1. The van der Waals surface area contributed by atoms with E-state index >= 15 is 0 Å². The number of methoxy groups -OCH3 is 2. The zero-order valence-corrected chi connectivity index (χ0v) is 15.6. The van der Waals surface area contributed by atoms with Crippen LogP contribution in [-0.2, 0) is 4.74 Å². The first-order valence-corrected chi connectivity index (χ1v) is 8.60. The van der Waals surface area contributed by atoms with Gasteiger partial charge in [0.1, 0.15) is 22.4 Å². The lowest BCUT2D eigenvalue weighted by Gasteiger charge is -2.22. The third-order valence-corrected chi connectivity index (χ3v) is 4.58. The molecule has 0 aliphatic carbocycles. The summed E-state index contributed by atoms with van der Waals surface area (Å²) in [5.74, 6) is 1.45. The van der Waals surface area contributed by atoms with Gasteiger partial charge < -0.3 is 14.2 Å². The summed E-state index contributed by atoms with van der Waals surface area (Å²) in [6.45, 7) is 2.42. The third-order valence-electron chi connectivity index (χ3n) is 3.68. The Labute approximate surface area is 150 Å². The smallest absolute Gasteiger partial charge is 0.179 e. The number of ketones is 1. The monoisotopic (exact) mass is 392 g/mol. The molecule has 0 bridgehead atoms. The summed E-state index contributed by atoms with van der Waals surface area (Å²) in [5, 5.41) is 0. The van der Waals surface area contributed by atoms with Crippen LogP contribution in [0.5, 0.6) is 11.5 Å². The number of halogens is 1. The zero-order valence-electron chi connectivity index (χ0n) is 14.0. The third kappa shape index (κ3) is 4.36. The van der Waals surface area contributed by atoms with Crippen molar-refractivity contribution in [2.45, 2.75) is 17.9 Å². The minimum atomic E-state index is -0.487. The summed E-state index contributed by atoms with van der Waals surface area (Å²) >= 11 is 3.52. The maximum atomic E-state index is 12.8. The molecule has 0 heterocycles. The molecule has 5 heteroatoms. The van der Waals surface area contributed by atoms with Crippen LogP contribution in [0, 0.1) is 0 Å². The second-order valence-electron chi connectivity index (χ2n) is 5.14. The SMILES string of the molecule is CCOC(c1ccc(OC)cc1)C(Br)C(=O)c1ccc(OC)cc1. The number of ether oxygens (including phenoxy) is 3. The fourth-order valence-corrected chi connectivity index (χ4v) is 3.10. The van der Waals surface area contributed by atoms with Crippen LogP contribution in [0.1, 0.15) is 28.9 Å². The van der Waals surface area contributed by atoms with Crippen LogP contribution >= 0.6 is 15.9 Å². The molecule has 0 amide bonds. The summed E-state index contributed by atoms with van der Waals surface area (Å²) in [4.78, 5) is 12.3. The highest BCUT2D eigenvalue weighted by atomic mass is 79.9. The molecule has 24 heavy (non-hydrogen) atoms. The summed E-state index contributed by atoms with van der Waals surface area (Å²) in [6, 6.07) is 14.6. The van der Waals surface area contributed by atoms with Crippen molar-refractivity contribution in [3.63, 3.8) is 0 Å². The van der Waals surface area contributed by atoms with E-state index < -0.39 is 4.83 Å². The lowest BCUT2D eigenvalue weighted by molar-refractivity contribution is 0.0554. The van der Waals surface area contributed by atoms with Crippen molar-refractivity contribution >= 4 is 21.7 Å². The van der Waals surface area contributed by atoms with Gasteiger partial charge in [-0.2, -0.15) is 0 Å². The topological polar surface area (TPSA) is 44.8 Å². The molecular weight excluding hydrogens is 372 g/mol. The van der Waals surface area contributed by atoms with Crippen molar-refractivity contribution < 1.29 is 19.0 Å². The quantitative estimate of drug-likeness (QED) is 0.492. The predicted octanol–water partition coefficient (Wildman–Crippen LogP) is 4.43. The largest absolute Gasteiger partial charge is 0.497 e. The number of benzene rings is 2. The average molecular weight is 393 g/mol. The lowest BCUT2D eigenvalue weighted by Crippen LogP contribution is -2.25. The summed E-state index contributed by atoms with van der Waals surface area (Å²) < 4.78 is 16.1. The molecule has 0 aliphatic heterocycles. The predicted molar refractivity (Wildman–Crippen MR) is 97.4 cm³/mol. The first-order valence-electron chi connectivity index (χ1n) is 7.68. The van der Waals surface area contributed by atoms with E-state index in [-0.39, 0.29) is 11.9 Å². The van der Waals surface area contributed by atoms with E-state index in [0.717, 1.165) is 11.3 Å². The van der Waals surface area contributed by atoms with Gasteiger partial charge in [-0.15, -0.1) is 0 Å². The Morgan fingerprint density at radius 2 is 1.46 bits per heavy atom. The number of alkyl halides is 1. The summed E-state index contributed by atoms with van der Waals surface area (Å²) in [6.07, 6.45) is -0.379. The van der Waals surface area contributed by atoms with Gasteiger partial charge in [-0.25, -0.2) is 0 Å². The van der Waals surface area contributed by atoms with E-state index in [1.807, 2.05) is 31.2 Å². The molecule has 0 saturated carbocycles. The molecule has 2 aromatic rings. The van der Waals surface area contributed by atoms with E-state index in [4.69, 9.17) is 14.2 Å². The molecule has 0 spiro atoms. The van der Waals surface area contributed by atoms with E-state index in [1.54, 1.807) is 38.5 Å². The van der Waals surface area contributed by atoms with Crippen molar-refractivity contribution in [1.82, 2.24) is 0 Å². The van der Waals surface area contributed by atoms with Gasteiger partial charge in [0.15, 0.2) is 5.78 Å². The van der Waals surface area contributed by atoms with Crippen LogP contribution in [-0.4, -0.2) is 31.4 Å². The number of carbonyl (C=O) groups is 1. The maximum absolute atomic E-state index is 12.8. The van der Waals surface area contributed by atoms with Gasteiger partial charge in [0.25, 0.3) is 0 Å². The Kier molecular flexibility index (Phi) is 6.82. The molecule has 0 aliphatic rings. The summed E-state index contributed by atoms with van der Waals surface area (Å²) in [5.41, 5.74) is 1.53. The van der Waals surface area contributed by atoms with Gasteiger partial charge in [-0.1, -0.05) is 28.1 Å². The Balaban J connectivity index is 2.22. The molecule has 2 unspecified atom stereocenters. The molecular formula is C19H21BrO4. The average Bonchev–Trinajstić information content (AvgIpc) is 2.65. The number of Topliss-reactive ketones (excluding diaryl/α,β-unsaturated/α-hetero) is 1. The van der Waals surface area contributed by atoms with Crippen LogP contribution in [0.4, 0.5) is 0 Å². The fourth-order valence-electron chi connectivity index (χ4n) is 2.37. The van der Waals surface area contributed by atoms with E-state index in [2.05, 4.69) is 15.9 Å². The first-order chi connectivity index (χ1) is 11.6. The Morgan fingerprint density at radius 3 is 1.92 bits per heavy atom. The minimum absolute atomic E-state index is 0.0353. The van der Waals surface area contributed by atoms with Crippen molar-refractivity contribution in [3.05, 3.63) is 59.7 Å². The summed E-state index contributed by atoms with van der Waals surface area (Å²) in [7, 11) is 3.22.